The molecule has 1 saturated heterocycles. The normalized spacial score (nSPS) is 16.7. The van der Waals surface area contributed by atoms with Crippen molar-refractivity contribution in [1.29, 1.82) is 0 Å². The highest BCUT2D eigenvalue weighted by molar-refractivity contribution is 6.02. The molecule has 1 atom stereocenters. The quantitative estimate of drug-likeness (QED) is 0.441. The van der Waals surface area contributed by atoms with Gasteiger partial charge in [-0.25, -0.2) is 4.39 Å². The zero-order valence-corrected chi connectivity index (χ0v) is 19.9. The minimum atomic E-state index is -0.466. The molecule has 1 N–H and O–H groups in total. The summed E-state index contributed by atoms with van der Waals surface area (Å²) in [6.45, 7) is 0.682. The van der Waals surface area contributed by atoms with Crippen LogP contribution >= 0.6 is 0 Å². The van der Waals surface area contributed by atoms with Gasteiger partial charge in [-0.2, -0.15) is 0 Å². The Hall–Kier alpha value is -4.18. The van der Waals surface area contributed by atoms with Crippen molar-refractivity contribution in [2.45, 2.75) is 25.5 Å². The van der Waals surface area contributed by atoms with Crippen LogP contribution in [-0.4, -0.2) is 50.1 Å². The number of nitrogens with zero attached hydrogens (tertiary/aromatic N) is 1. The first kappa shape index (κ1) is 24.5. The number of ether oxygens (including phenoxy) is 3. The summed E-state index contributed by atoms with van der Waals surface area (Å²) < 4.78 is 35.5. The Labute approximate surface area is 212 Å². The number of carbonyl (C=O) groups is 3. The number of halogens is 1. The number of Topliss-reactive ketones (excluding diaryl/α,β-unsaturated/α-hetero) is 1. The van der Waals surface area contributed by atoms with Crippen LogP contribution in [0.5, 0.6) is 11.5 Å². The topological polar surface area (TPSA) is 107 Å². The SMILES string of the molecule is O=C(COc1cccc(F)c1)c1ccc2c(c1)N(Cc1ccc(C(=O)NCC3CCCO3)o1)C(=O)CO2. The van der Waals surface area contributed by atoms with Crippen molar-refractivity contribution in [2.24, 2.45) is 0 Å². The van der Waals surface area contributed by atoms with Crippen LogP contribution in [-0.2, 0) is 16.1 Å². The molecule has 1 fully saturated rings. The number of fused-ring (bicyclic) bond motifs is 1. The lowest BCUT2D eigenvalue weighted by Gasteiger charge is -2.29. The molecule has 192 valence electrons. The lowest BCUT2D eigenvalue weighted by molar-refractivity contribution is -0.121. The zero-order valence-electron chi connectivity index (χ0n) is 19.9. The second kappa shape index (κ2) is 10.8. The number of benzene rings is 2. The summed E-state index contributed by atoms with van der Waals surface area (Å²) in [5.41, 5.74) is 0.695. The lowest BCUT2D eigenvalue weighted by atomic mass is 10.1. The van der Waals surface area contributed by atoms with Crippen LogP contribution in [0.4, 0.5) is 10.1 Å². The molecule has 1 aromatic heterocycles. The van der Waals surface area contributed by atoms with Crippen LogP contribution in [0.2, 0.25) is 0 Å². The number of nitrogens with one attached hydrogen (secondary N) is 1. The van der Waals surface area contributed by atoms with Crippen LogP contribution in [0.15, 0.2) is 59.0 Å². The number of ketones is 1. The number of hydrogen-bond donors (Lipinski definition) is 1. The van der Waals surface area contributed by atoms with Gasteiger partial charge in [0.15, 0.2) is 24.8 Å². The Morgan fingerprint density at radius 3 is 2.84 bits per heavy atom. The molecule has 2 aliphatic rings. The summed E-state index contributed by atoms with van der Waals surface area (Å²) in [7, 11) is 0. The Morgan fingerprint density at radius 1 is 1.14 bits per heavy atom. The number of rotatable bonds is 9. The summed E-state index contributed by atoms with van der Waals surface area (Å²) in [5.74, 6) is -0.305. The van der Waals surface area contributed by atoms with Crippen LogP contribution in [0.25, 0.3) is 0 Å². The maximum absolute atomic E-state index is 13.4. The fraction of sp³-hybridized carbons (Fsp3) is 0.296. The van der Waals surface area contributed by atoms with Gasteiger partial charge in [-0.3, -0.25) is 19.3 Å². The molecule has 3 aromatic rings. The van der Waals surface area contributed by atoms with Gasteiger partial charge in [0.1, 0.15) is 23.1 Å². The van der Waals surface area contributed by atoms with E-state index >= 15 is 0 Å². The maximum Gasteiger partial charge on any atom is 0.287 e. The van der Waals surface area contributed by atoms with E-state index in [9.17, 15) is 18.8 Å². The van der Waals surface area contributed by atoms with Crippen LogP contribution in [0.3, 0.4) is 0 Å². The molecule has 0 bridgehead atoms. The fourth-order valence-corrected chi connectivity index (χ4v) is 4.18. The number of furan rings is 1. The number of anilines is 1. The van der Waals surface area contributed by atoms with E-state index in [0.29, 0.717) is 35.9 Å². The maximum atomic E-state index is 13.4. The van der Waals surface area contributed by atoms with E-state index in [1.807, 2.05) is 0 Å². The second-order valence-corrected chi connectivity index (χ2v) is 8.73. The first-order chi connectivity index (χ1) is 18.0. The molecule has 9 nitrogen and oxygen atoms in total. The molecular formula is C27H25FN2O7. The highest BCUT2D eigenvalue weighted by Crippen LogP contribution is 2.34. The van der Waals surface area contributed by atoms with E-state index in [1.165, 1.54) is 23.1 Å². The van der Waals surface area contributed by atoms with E-state index in [2.05, 4.69) is 5.32 Å². The molecule has 0 spiro atoms. The molecular weight excluding hydrogens is 483 g/mol. The molecule has 0 saturated carbocycles. The third kappa shape index (κ3) is 5.80. The molecule has 0 radical (unpaired) electrons. The average Bonchev–Trinajstić information content (AvgIpc) is 3.60. The van der Waals surface area contributed by atoms with E-state index in [4.69, 9.17) is 18.6 Å². The molecule has 5 rings (SSSR count). The first-order valence-corrected chi connectivity index (χ1v) is 11.9. The van der Waals surface area contributed by atoms with Crippen molar-refractivity contribution < 1.29 is 37.4 Å². The Bertz CT molecular complexity index is 1320. The van der Waals surface area contributed by atoms with Gasteiger partial charge in [-0.1, -0.05) is 6.07 Å². The molecule has 2 aliphatic heterocycles. The van der Waals surface area contributed by atoms with Crippen LogP contribution < -0.4 is 19.7 Å². The van der Waals surface area contributed by atoms with Gasteiger partial charge in [0.25, 0.3) is 11.8 Å². The molecule has 37 heavy (non-hydrogen) atoms. The van der Waals surface area contributed by atoms with Crippen molar-refractivity contribution in [3.05, 3.63) is 77.5 Å². The standard InChI is InChI=1S/C27H25FN2O7/c28-18-3-1-4-19(12-18)35-15-23(31)17-6-8-24-22(11-17)30(26(32)16-36-24)14-21-7-9-25(37-21)27(33)29-13-20-5-2-10-34-20/h1,3-4,6-9,11-12,20H,2,5,10,13-16H2,(H,29,33). The summed E-state index contributed by atoms with van der Waals surface area (Å²) in [4.78, 5) is 39.3. The zero-order chi connectivity index (χ0) is 25.8. The average molecular weight is 509 g/mol. The fourth-order valence-electron chi connectivity index (χ4n) is 4.18. The molecule has 2 amide bonds. The summed E-state index contributed by atoms with van der Waals surface area (Å²) in [6, 6.07) is 13.4. The third-order valence-corrected chi connectivity index (χ3v) is 6.10. The minimum absolute atomic E-state index is 0.0111. The molecule has 1 unspecified atom stereocenters. The van der Waals surface area contributed by atoms with Crippen LogP contribution in [0, 0.1) is 5.82 Å². The predicted molar refractivity (Wildman–Crippen MR) is 129 cm³/mol. The van der Waals surface area contributed by atoms with Gasteiger partial charge in [0.05, 0.1) is 18.3 Å². The van der Waals surface area contributed by atoms with Gasteiger partial charge in [0.2, 0.25) is 0 Å². The Morgan fingerprint density at radius 2 is 2.03 bits per heavy atom. The number of carbonyl (C=O) groups excluding carboxylic acids is 3. The summed E-state index contributed by atoms with van der Waals surface area (Å²) >= 11 is 0. The summed E-state index contributed by atoms with van der Waals surface area (Å²) in [5, 5.41) is 2.80. The summed E-state index contributed by atoms with van der Waals surface area (Å²) in [6.07, 6.45) is 1.90. The molecule has 3 heterocycles. The van der Waals surface area contributed by atoms with Crippen molar-refractivity contribution in [3.63, 3.8) is 0 Å². The largest absolute Gasteiger partial charge is 0.485 e. The van der Waals surface area contributed by atoms with Gasteiger partial charge in [0, 0.05) is 24.8 Å². The lowest BCUT2D eigenvalue weighted by Crippen LogP contribution is -2.38. The van der Waals surface area contributed by atoms with E-state index in [-0.39, 0.29) is 55.0 Å². The smallest absolute Gasteiger partial charge is 0.287 e. The van der Waals surface area contributed by atoms with E-state index in [1.54, 1.807) is 36.4 Å². The van der Waals surface area contributed by atoms with E-state index in [0.717, 1.165) is 12.8 Å². The highest BCUT2D eigenvalue weighted by atomic mass is 19.1. The minimum Gasteiger partial charge on any atom is -0.485 e. The van der Waals surface area contributed by atoms with Crippen molar-refractivity contribution in [2.75, 3.05) is 31.3 Å². The number of amides is 2. The Kier molecular flexibility index (Phi) is 7.18. The first-order valence-electron chi connectivity index (χ1n) is 11.9. The molecule has 2 aromatic carbocycles. The van der Waals surface area contributed by atoms with Gasteiger partial charge >= 0.3 is 0 Å². The molecule has 10 heteroatoms. The van der Waals surface area contributed by atoms with Crippen LogP contribution in [0.1, 0.15) is 39.5 Å². The third-order valence-electron chi connectivity index (χ3n) is 6.10. The molecule has 0 aliphatic carbocycles. The predicted octanol–water partition coefficient (Wildman–Crippen LogP) is 3.51. The van der Waals surface area contributed by atoms with E-state index < -0.39 is 5.82 Å². The monoisotopic (exact) mass is 508 g/mol. The van der Waals surface area contributed by atoms with Crippen molar-refractivity contribution in [1.82, 2.24) is 5.32 Å². The van der Waals surface area contributed by atoms with Gasteiger partial charge in [-0.15, -0.1) is 0 Å². The van der Waals surface area contributed by atoms with Gasteiger partial charge < -0.3 is 23.9 Å². The van der Waals surface area contributed by atoms with Crippen molar-refractivity contribution >= 4 is 23.3 Å². The second-order valence-electron chi connectivity index (χ2n) is 8.73. The number of hydrogen-bond acceptors (Lipinski definition) is 7. The Balaban J connectivity index is 1.26. The van der Waals surface area contributed by atoms with Gasteiger partial charge in [-0.05, 0) is 55.3 Å². The van der Waals surface area contributed by atoms with Crippen molar-refractivity contribution in [3.8, 4) is 11.5 Å². The highest BCUT2D eigenvalue weighted by Gasteiger charge is 2.28.